The average molecular weight is 1300 g/mol. The van der Waals surface area contributed by atoms with E-state index in [2.05, 4.69) is 67.8 Å². The van der Waals surface area contributed by atoms with E-state index in [0.717, 1.165) is 83.5 Å². The lowest BCUT2D eigenvalue weighted by Crippen LogP contribution is -2.66. The Kier molecular flexibility index (Phi) is 48.7. The minimum Gasteiger partial charge on any atom is -0.394 e. The molecule has 1 amide bonds. The Morgan fingerprint density at radius 1 is 0.396 bits per heavy atom. The van der Waals surface area contributed by atoms with Crippen molar-refractivity contribution in [2.45, 2.75) is 362 Å². The second-order valence-corrected chi connectivity index (χ2v) is 25.7. The van der Waals surface area contributed by atoms with Crippen LogP contribution in [-0.4, -0.2) is 193 Å². The predicted octanol–water partition coefficient (Wildman–Crippen LogP) is 9.94. The lowest BCUT2D eigenvalue weighted by molar-refractivity contribution is -0.379. The number of ether oxygens (including phenoxy) is 6. The molecule has 0 aromatic heterocycles. The Morgan fingerprint density at radius 2 is 0.736 bits per heavy atom. The Labute approximate surface area is 547 Å². The second-order valence-electron chi connectivity index (χ2n) is 25.7. The number of unbranched alkanes of at least 4 members (excludes halogenated alkanes) is 31. The van der Waals surface area contributed by atoms with Crippen molar-refractivity contribution in [1.29, 1.82) is 0 Å². The van der Waals surface area contributed by atoms with Gasteiger partial charge in [0, 0.05) is 6.42 Å². The summed E-state index contributed by atoms with van der Waals surface area (Å²) >= 11 is 0. The fraction of sp³-hybridized carbons (Fsp3) is 0.847. The van der Waals surface area contributed by atoms with Gasteiger partial charge in [-0.25, -0.2) is 0 Å². The zero-order chi connectivity index (χ0) is 66.1. The zero-order valence-electron chi connectivity index (χ0n) is 56.1. The van der Waals surface area contributed by atoms with Crippen LogP contribution in [0.3, 0.4) is 0 Å². The number of carbonyl (C=O) groups is 1. The molecule has 19 nitrogen and oxygen atoms in total. The number of amides is 1. The number of nitrogens with one attached hydrogen (secondary N) is 1. The molecule has 3 fully saturated rings. The first-order chi connectivity index (χ1) is 44.3. The van der Waals surface area contributed by atoms with E-state index in [1.165, 1.54) is 141 Å². The number of aliphatic hydroxyl groups excluding tert-OH is 11. The topological polar surface area (TPSA) is 307 Å². The van der Waals surface area contributed by atoms with Gasteiger partial charge in [-0.05, 0) is 77.0 Å². The van der Waals surface area contributed by atoms with E-state index >= 15 is 0 Å². The molecule has 0 bridgehead atoms. The van der Waals surface area contributed by atoms with Gasteiger partial charge in [-0.1, -0.05) is 235 Å². The van der Waals surface area contributed by atoms with Crippen molar-refractivity contribution in [2.24, 2.45) is 0 Å². The third-order valence-electron chi connectivity index (χ3n) is 17.8. The highest BCUT2D eigenvalue weighted by Gasteiger charge is 2.53. The Morgan fingerprint density at radius 3 is 1.18 bits per heavy atom. The molecule has 12 N–H and O–H groups in total. The van der Waals surface area contributed by atoms with E-state index in [1.54, 1.807) is 6.08 Å². The maximum Gasteiger partial charge on any atom is 0.220 e. The first-order valence-electron chi connectivity index (χ1n) is 36.0. The molecule has 0 aliphatic carbocycles. The highest BCUT2D eigenvalue weighted by molar-refractivity contribution is 5.76. The summed E-state index contributed by atoms with van der Waals surface area (Å²) in [5, 5.41) is 121. The minimum atomic E-state index is -1.99. The molecule has 0 radical (unpaired) electrons. The maximum atomic E-state index is 13.4. The van der Waals surface area contributed by atoms with Gasteiger partial charge in [0.25, 0.3) is 0 Å². The van der Waals surface area contributed by atoms with Crippen LogP contribution in [0.2, 0.25) is 0 Å². The minimum absolute atomic E-state index is 0.221. The van der Waals surface area contributed by atoms with Gasteiger partial charge in [-0.3, -0.25) is 4.79 Å². The average Bonchev–Trinajstić information content (AvgIpc) is 0.844. The number of rotatable bonds is 55. The van der Waals surface area contributed by atoms with Crippen molar-refractivity contribution in [3.05, 3.63) is 60.8 Å². The Hall–Kier alpha value is -2.51. The summed E-state index contributed by atoms with van der Waals surface area (Å²) < 4.78 is 34.3. The molecule has 0 saturated carbocycles. The molecule has 0 spiro atoms. The molecule has 3 aliphatic heterocycles. The van der Waals surface area contributed by atoms with Crippen LogP contribution in [0.4, 0.5) is 0 Å². The smallest absolute Gasteiger partial charge is 0.220 e. The first-order valence-corrected chi connectivity index (χ1v) is 36.0. The highest BCUT2D eigenvalue weighted by Crippen LogP contribution is 2.33. The normalized spacial score (nSPS) is 28.2. The van der Waals surface area contributed by atoms with Gasteiger partial charge in [0.2, 0.25) is 5.91 Å². The van der Waals surface area contributed by atoms with Gasteiger partial charge in [0.1, 0.15) is 73.2 Å². The van der Waals surface area contributed by atoms with Crippen molar-refractivity contribution < 1.29 is 89.4 Å². The van der Waals surface area contributed by atoms with Crippen molar-refractivity contribution >= 4 is 5.91 Å². The molecule has 3 aliphatic rings. The van der Waals surface area contributed by atoms with E-state index < -0.39 is 124 Å². The van der Waals surface area contributed by atoms with Crippen LogP contribution in [0.25, 0.3) is 0 Å². The summed E-state index contributed by atoms with van der Waals surface area (Å²) in [6.07, 6.45) is 39.2. The van der Waals surface area contributed by atoms with Crippen LogP contribution in [0.15, 0.2) is 60.8 Å². The van der Waals surface area contributed by atoms with E-state index in [1.807, 2.05) is 6.08 Å². The second kappa shape index (κ2) is 53.6. The lowest BCUT2D eigenvalue weighted by Gasteiger charge is -2.48. The number of hydrogen-bond acceptors (Lipinski definition) is 18. The summed E-state index contributed by atoms with van der Waals surface area (Å²) in [6, 6.07) is -1.00. The maximum absolute atomic E-state index is 13.4. The number of carbonyl (C=O) groups excluding carboxylic acids is 1. The molecule has 0 aromatic carbocycles. The van der Waals surface area contributed by atoms with Crippen LogP contribution in [0.5, 0.6) is 0 Å². The third kappa shape index (κ3) is 35.4. The van der Waals surface area contributed by atoms with Crippen molar-refractivity contribution in [3.63, 3.8) is 0 Å². The van der Waals surface area contributed by atoms with Gasteiger partial charge in [0.05, 0.1) is 38.6 Å². The quantitative estimate of drug-likeness (QED) is 0.0199. The fourth-order valence-electron chi connectivity index (χ4n) is 11.9. The highest BCUT2D eigenvalue weighted by atomic mass is 16.8. The third-order valence-corrected chi connectivity index (χ3v) is 17.8. The van der Waals surface area contributed by atoms with Crippen molar-refractivity contribution in [3.8, 4) is 0 Å². The molecule has 91 heavy (non-hydrogen) atoms. The van der Waals surface area contributed by atoms with Gasteiger partial charge in [-0.2, -0.15) is 0 Å². The van der Waals surface area contributed by atoms with Crippen LogP contribution in [0, 0.1) is 0 Å². The van der Waals surface area contributed by atoms with Gasteiger partial charge >= 0.3 is 0 Å². The lowest BCUT2D eigenvalue weighted by atomic mass is 9.96. The van der Waals surface area contributed by atoms with E-state index in [0.29, 0.717) is 12.8 Å². The van der Waals surface area contributed by atoms with E-state index in [9.17, 15) is 61.0 Å². The zero-order valence-corrected chi connectivity index (χ0v) is 56.1. The van der Waals surface area contributed by atoms with Gasteiger partial charge in [0.15, 0.2) is 18.9 Å². The SMILES string of the molecule is CCCCCC/C=C\C/C=C\CCCCCCCCCC(=O)NC(COC1OC(CO)C(OC2OC(CO)C(OC3OC(CO)C(O)C(O)C3O)C(O)C2O)C(O)C1O)C(O)/C=C/CC/C=C/CC/C=C/CCCCCCCCCCCCCCCCCCCC. The molecule has 17 atom stereocenters. The number of allylic oxidation sites excluding steroid dienone is 9. The first kappa shape index (κ1) is 82.7. The number of hydrogen-bond donors (Lipinski definition) is 12. The monoisotopic (exact) mass is 1300 g/mol. The molecule has 0 aromatic rings. The summed E-state index contributed by atoms with van der Waals surface area (Å²) in [4.78, 5) is 13.4. The van der Waals surface area contributed by atoms with Crippen LogP contribution < -0.4 is 5.32 Å². The summed E-state index contributed by atoms with van der Waals surface area (Å²) in [5.74, 6) is -0.298. The van der Waals surface area contributed by atoms with Crippen molar-refractivity contribution in [2.75, 3.05) is 26.4 Å². The van der Waals surface area contributed by atoms with Crippen LogP contribution in [0.1, 0.15) is 258 Å². The van der Waals surface area contributed by atoms with Crippen molar-refractivity contribution in [1.82, 2.24) is 5.32 Å². The molecule has 530 valence electrons. The van der Waals surface area contributed by atoms with Crippen LogP contribution in [-0.2, 0) is 33.2 Å². The molecule has 3 rings (SSSR count). The molecule has 3 heterocycles. The van der Waals surface area contributed by atoms with E-state index in [4.69, 9.17) is 28.4 Å². The number of aliphatic hydroxyl groups is 11. The summed E-state index contributed by atoms with van der Waals surface area (Å²) in [6.45, 7) is 1.70. The molecular weight excluding hydrogens is 1170 g/mol. The molecule has 3 saturated heterocycles. The summed E-state index contributed by atoms with van der Waals surface area (Å²) in [7, 11) is 0. The van der Waals surface area contributed by atoms with Gasteiger partial charge < -0.3 is 89.9 Å². The Bertz CT molecular complexity index is 1890. The standard InChI is InChI=1S/C72H129NO18/c1-3-5-7-9-11-13-15-17-19-21-23-24-25-26-27-28-29-30-31-32-33-35-37-39-41-43-45-47-49-56(77)55(73-60(78)50-48-46-44-42-40-38-36-34-22-20-18-16-14-12-10-8-6-4-2)54-86-70-66(84)63(81)68(58(52-75)88-70)91-72-67(85)64(82)69(59(53-76)89-72)90-71-65(83)62(80)61(79)57(51-74)87-71/h14,16,20,22,32-33,39,41,47,49,55-59,61-72,74-77,79-85H,3-13,15,17-19,21,23-31,34-38,40,42-46,48,50-54H2,1-2H3,(H,73,78)/b16-14-,22-20-,33-32+,41-39+,49-47+. The van der Waals surface area contributed by atoms with Gasteiger partial charge in [-0.15, -0.1) is 0 Å². The largest absolute Gasteiger partial charge is 0.394 e. The molecule has 17 unspecified atom stereocenters. The predicted molar refractivity (Wildman–Crippen MR) is 355 cm³/mol. The molecule has 19 heteroatoms. The molecular formula is C72H129NO18. The van der Waals surface area contributed by atoms with E-state index in [-0.39, 0.29) is 18.9 Å². The Balaban J connectivity index is 1.44. The summed E-state index contributed by atoms with van der Waals surface area (Å²) in [5.41, 5.74) is 0. The van der Waals surface area contributed by atoms with Crippen LogP contribution >= 0.6 is 0 Å². The fourth-order valence-corrected chi connectivity index (χ4v) is 11.9.